The molecular formula is C14H10N2O3S6. The molecule has 25 heavy (non-hydrogen) atoms. The highest BCUT2D eigenvalue weighted by Crippen LogP contribution is 2.51. The first kappa shape index (κ1) is 17.4. The van der Waals surface area contributed by atoms with Gasteiger partial charge in [0.25, 0.3) is 14.8 Å². The van der Waals surface area contributed by atoms with E-state index in [9.17, 15) is 13.2 Å². The molecule has 1 aromatic carbocycles. The van der Waals surface area contributed by atoms with Crippen LogP contribution in [0.4, 0.5) is 11.4 Å². The van der Waals surface area contributed by atoms with Crippen LogP contribution in [0.5, 0.6) is 0 Å². The topological polar surface area (TPSA) is 66.8 Å². The number of hydrogen-bond acceptors (Lipinski definition) is 9. The van der Waals surface area contributed by atoms with Crippen molar-refractivity contribution in [2.45, 2.75) is 20.2 Å². The molecule has 5 nitrogen and oxygen atoms in total. The number of fused-ring (bicyclic) bond motifs is 2. The van der Waals surface area contributed by atoms with E-state index in [1.54, 1.807) is 18.2 Å². The van der Waals surface area contributed by atoms with Crippen molar-refractivity contribution >= 4 is 74.5 Å². The average Bonchev–Trinajstić information content (AvgIpc) is 3.18. The molecule has 1 aliphatic rings. The van der Waals surface area contributed by atoms with Gasteiger partial charge in [0.1, 0.15) is 19.8 Å². The SMILES string of the molecule is CCN1c2c(ssc2=O)Sc2ss/c(=N/S(=O)(=O)c3ccccc3)c21. The summed E-state index contributed by atoms with van der Waals surface area (Å²) in [5.41, 5.74) is 1.38. The van der Waals surface area contributed by atoms with Crippen molar-refractivity contribution in [1.82, 2.24) is 0 Å². The lowest BCUT2D eigenvalue weighted by atomic mass is 10.4. The van der Waals surface area contributed by atoms with Gasteiger partial charge in [-0.05, 0) is 29.4 Å². The Bertz CT molecular complexity index is 1150. The quantitative estimate of drug-likeness (QED) is 0.564. The first-order valence-corrected chi connectivity index (χ1v) is 13.6. The van der Waals surface area contributed by atoms with E-state index in [0.29, 0.717) is 16.9 Å². The van der Waals surface area contributed by atoms with E-state index in [1.807, 2.05) is 11.8 Å². The van der Waals surface area contributed by atoms with Gasteiger partial charge in [0, 0.05) is 6.54 Å². The van der Waals surface area contributed by atoms with Crippen molar-refractivity contribution in [3.05, 3.63) is 44.5 Å². The zero-order chi connectivity index (χ0) is 17.6. The normalized spacial score (nSPS) is 14.4. The van der Waals surface area contributed by atoms with Crippen LogP contribution in [0.1, 0.15) is 6.92 Å². The van der Waals surface area contributed by atoms with Gasteiger partial charge in [0.15, 0.2) is 4.67 Å². The predicted octanol–water partition coefficient (Wildman–Crippen LogP) is 4.21. The molecule has 0 saturated carbocycles. The van der Waals surface area contributed by atoms with Gasteiger partial charge in [0.05, 0.1) is 4.90 Å². The molecule has 130 valence electrons. The summed E-state index contributed by atoms with van der Waals surface area (Å²) in [6, 6.07) is 8.17. The minimum Gasteiger partial charge on any atom is -0.332 e. The van der Waals surface area contributed by atoms with Gasteiger partial charge in [0.2, 0.25) is 0 Å². The number of sulfonamides is 1. The van der Waals surface area contributed by atoms with Gasteiger partial charge < -0.3 is 4.90 Å². The lowest BCUT2D eigenvalue weighted by Crippen LogP contribution is -2.27. The molecule has 0 bridgehead atoms. The second-order valence-corrected chi connectivity index (χ2v) is 12.3. The molecule has 0 aliphatic carbocycles. The van der Waals surface area contributed by atoms with Gasteiger partial charge in [-0.3, -0.25) is 4.79 Å². The van der Waals surface area contributed by atoms with Gasteiger partial charge >= 0.3 is 0 Å². The number of anilines is 2. The average molecular weight is 447 g/mol. The minimum absolute atomic E-state index is 0.00747. The summed E-state index contributed by atoms with van der Waals surface area (Å²) in [6.45, 7) is 2.53. The molecule has 11 heteroatoms. The fraction of sp³-hybridized carbons (Fsp3) is 0.143. The molecule has 1 aliphatic heterocycles. The Morgan fingerprint density at radius 1 is 1.00 bits per heavy atom. The molecule has 0 spiro atoms. The molecule has 4 rings (SSSR count). The van der Waals surface area contributed by atoms with Crippen LogP contribution in [-0.2, 0) is 10.0 Å². The van der Waals surface area contributed by atoms with Crippen LogP contribution in [0, 0.1) is 0 Å². The summed E-state index contributed by atoms with van der Waals surface area (Å²) in [5.74, 6) is 0. The number of nitrogens with zero attached hydrogens (tertiary/aromatic N) is 2. The molecule has 0 N–H and O–H groups in total. The van der Waals surface area contributed by atoms with E-state index in [1.165, 1.54) is 65.3 Å². The molecule has 2 aromatic heterocycles. The Morgan fingerprint density at radius 3 is 2.40 bits per heavy atom. The van der Waals surface area contributed by atoms with Gasteiger partial charge in [-0.2, -0.15) is 8.42 Å². The third kappa shape index (κ3) is 3.02. The molecule has 0 atom stereocenters. The Balaban J connectivity index is 1.90. The van der Waals surface area contributed by atoms with Crippen molar-refractivity contribution in [1.29, 1.82) is 0 Å². The third-order valence-electron chi connectivity index (χ3n) is 3.46. The van der Waals surface area contributed by atoms with Gasteiger partial charge in [-0.15, -0.1) is 4.40 Å². The Hall–Kier alpha value is -0.980. The molecule has 0 unspecified atom stereocenters. The third-order valence-corrected chi connectivity index (χ3v) is 11.3. The number of hydrogen-bond donors (Lipinski definition) is 0. The maximum atomic E-state index is 12.6. The molecule has 0 fully saturated rings. The molecule has 0 amide bonds. The van der Waals surface area contributed by atoms with Gasteiger partial charge in [-0.1, -0.05) is 61.0 Å². The fourth-order valence-corrected chi connectivity index (χ4v) is 10.5. The van der Waals surface area contributed by atoms with E-state index in [-0.39, 0.29) is 9.64 Å². The summed E-state index contributed by atoms with van der Waals surface area (Å²) >= 11 is 1.53. The maximum Gasteiger partial charge on any atom is 0.283 e. The monoisotopic (exact) mass is 446 g/mol. The smallest absolute Gasteiger partial charge is 0.283 e. The molecule has 3 heterocycles. The van der Waals surface area contributed by atoms with Crippen LogP contribution in [0.15, 0.2) is 52.8 Å². The Labute approximate surface area is 162 Å². The highest BCUT2D eigenvalue weighted by atomic mass is 32.9. The van der Waals surface area contributed by atoms with Crippen molar-refractivity contribution in [3.63, 3.8) is 0 Å². The largest absolute Gasteiger partial charge is 0.332 e. The van der Waals surface area contributed by atoms with Crippen molar-refractivity contribution in [2.24, 2.45) is 4.40 Å². The van der Waals surface area contributed by atoms with Crippen LogP contribution in [0.2, 0.25) is 0 Å². The summed E-state index contributed by atoms with van der Waals surface area (Å²) in [4.78, 5) is 14.3. The van der Waals surface area contributed by atoms with Crippen LogP contribution in [0.3, 0.4) is 0 Å². The summed E-state index contributed by atoms with van der Waals surface area (Å²) in [5, 5.41) is 0. The first-order chi connectivity index (χ1) is 12.0. The molecule has 3 aromatic rings. The van der Waals surface area contributed by atoms with Crippen LogP contribution in [0.25, 0.3) is 0 Å². The summed E-state index contributed by atoms with van der Waals surface area (Å²) < 4.78 is 31.7. The van der Waals surface area contributed by atoms with E-state index in [4.69, 9.17) is 0 Å². The molecular weight excluding hydrogens is 437 g/mol. The predicted molar refractivity (Wildman–Crippen MR) is 107 cm³/mol. The molecule has 0 radical (unpaired) electrons. The van der Waals surface area contributed by atoms with E-state index >= 15 is 0 Å². The minimum atomic E-state index is -3.79. The zero-order valence-corrected chi connectivity index (χ0v) is 17.6. The van der Waals surface area contributed by atoms with Crippen molar-refractivity contribution in [2.75, 3.05) is 11.4 Å². The fourth-order valence-electron chi connectivity index (χ4n) is 2.38. The highest BCUT2D eigenvalue weighted by molar-refractivity contribution is 8.06. The van der Waals surface area contributed by atoms with Gasteiger partial charge in [-0.25, -0.2) is 0 Å². The number of benzene rings is 1. The molecule has 0 saturated heterocycles. The zero-order valence-electron chi connectivity index (χ0n) is 12.7. The highest BCUT2D eigenvalue weighted by Gasteiger charge is 2.31. The standard InChI is InChI=1S/C14H10N2O3S6/c1-2-16-9-11(15-25(18,19)8-6-4-3-5-7-8)21-23-13(9)20-14-10(16)12(17)22-24-14/h3-7H,2H2,1H3/b15-11+. The van der Waals surface area contributed by atoms with E-state index in [2.05, 4.69) is 4.40 Å². The maximum absolute atomic E-state index is 12.6. The van der Waals surface area contributed by atoms with Crippen LogP contribution >= 0.6 is 53.1 Å². The summed E-state index contributed by atoms with van der Waals surface area (Å²) in [7, 11) is 1.71. The van der Waals surface area contributed by atoms with E-state index < -0.39 is 10.0 Å². The Kier molecular flexibility index (Phi) is 4.63. The van der Waals surface area contributed by atoms with Crippen molar-refractivity contribution < 1.29 is 8.42 Å². The van der Waals surface area contributed by atoms with E-state index in [0.717, 1.165) is 14.1 Å². The first-order valence-electron chi connectivity index (χ1n) is 7.09. The van der Waals surface area contributed by atoms with Crippen LogP contribution < -0.4 is 14.3 Å². The second kappa shape index (κ2) is 6.63. The number of rotatable bonds is 3. The second-order valence-electron chi connectivity index (χ2n) is 4.92. The lowest BCUT2D eigenvalue weighted by Gasteiger charge is -2.25. The van der Waals surface area contributed by atoms with Crippen molar-refractivity contribution in [3.8, 4) is 0 Å². The summed E-state index contributed by atoms with van der Waals surface area (Å²) in [6.07, 6.45) is 0. The van der Waals surface area contributed by atoms with Crippen LogP contribution in [-0.4, -0.2) is 15.0 Å². The Morgan fingerprint density at radius 2 is 1.68 bits per heavy atom. The lowest BCUT2D eigenvalue weighted by molar-refractivity contribution is 0.597.